The van der Waals surface area contributed by atoms with Gasteiger partial charge in [0.2, 0.25) is 0 Å². The van der Waals surface area contributed by atoms with E-state index in [-0.39, 0.29) is 13.0 Å². The Kier molecular flexibility index (Phi) is 3.01. The van der Waals surface area contributed by atoms with Crippen LogP contribution in [0.1, 0.15) is 12.8 Å². The Morgan fingerprint density at radius 1 is 1.14 bits per heavy atom. The van der Waals surface area contributed by atoms with Gasteiger partial charge in [0.1, 0.15) is 0 Å². The maximum atomic E-state index is 12.7. The van der Waals surface area contributed by atoms with Crippen molar-refractivity contribution in [2.45, 2.75) is 31.2 Å². The molecule has 0 spiro atoms. The van der Waals surface area contributed by atoms with Crippen molar-refractivity contribution in [3.63, 3.8) is 0 Å². The number of rotatable bonds is 1. The highest BCUT2D eigenvalue weighted by Crippen LogP contribution is 2.45. The Labute approximate surface area is 76.7 Å². The first-order valence-corrected chi connectivity index (χ1v) is 4.01. The molecule has 1 aliphatic heterocycles. The Morgan fingerprint density at radius 2 is 1.71 bits per heavy atom. The van der Waals surface area contributed by atoms with E-state index in [1.165, 1.54) is 0 Å². The predicted octanol–water partition coefficient (Wildman–Crippen LogP) is 1.93. The van der Waals surface area contributed by atoms with Crippen molar-refractivity contribution in [1.82, 2.24) is 0 Å². The Hall–Kier alpha value is -0.430. The molecule has 2 unspecified atom stereocenters. The van der Waals surface area contributed by atoms with Crippen LogP contribution >= 0.6 is 0 Å². The standard InChI is InChI=1S/C7H9F5O2/c8-6(9,7(10,11)12)4-2-1-3-14-5(4)13/h4-5,13H,1-3H2. The lowest BCUT2D eigenvalue weighted by atomic mass is 9.93. The Balaban J connectivity index is 2.79. The Bertz CT molecular complexity index is 203. The van der Waals surface area contributed by atoms with Gasteiger partial charge in [0.05, 0.1) is 5.92 Å². The van der Waals surface area contributed by atoms with Gasteiger partial charge in [-0.15, -0.1) is 0 Å². The van der Waals surface area contributed by atoms with Crippen molar-refractivity contribution in [2.75, 3.05) is 6.61 Å². The summed E-state index contributed by atoms with van der Waals surface area (Å²) in [6.07, 6.45) is -7.99. The van der Waals surface area contributed by atoms with Crippen molar-refractivity contribution in [1.29, 1.82) is 0 Å². The number of aliphatic hydroxyl groups is 1. The van der Waals surface area contributed by atoms with Crippen molar-refractivity contribution in [2.24, 2.45) is 5.92 Å². The molecule has 1 aliphatic rings. The van der Waals surface area contributed by atoms with Crippen LogP contribution in [0.2, 0.25) is 0 Å². The van der Waals surface area contributed by atoms with Crippen LogP contribution in [0.25, 0.3) is 0 Å². The number of hydrogen-bond donors (Lipinski definition) is 1. The molecule has 7 heteroatoms. The minimum Gasteiger partial charge on any atom is -0.367 e. The molecule has 14 heavy (non-hydrogen) atoms. The largest absolute Gasteiger partial charge is 0.453 e. The van der Waals surface area contributed by atoms with Crippen LogP contribution in [0.5, 0.6) is 0 Å². The summed E-state index contributed by atoms with van der Waals surface area (Å²) in [7, 11) is 0. The highest BCUT2D eigenvalue weighted by atomic mass is 19.4. The van der Waals surface area contributed by atoms with Crippen LogP contribution in [-0.4, -0.2) is 30.1 Å². The second kappa shape index (κ2) is 3.62. The molecule has 2 nitrogen and oxygen atoms in total. The summed E-state index contributed by atoms with van der Waals surface area (Å²) in [5, 5.41) is 8.87. The zero-order valence-electron chi connectivity index (χ0n) is 7.02. The van der Waals surface area contributed by atoms with Crippen LogP contribution in [-0.2, 0) is 4.74 Å². The van der Waals surface area contributed by atoms with Crippen LogP contribution in [0.3, 0.4) is 0 Å². The molecule has 0 aliphatic carbocycles. The first-order valence-electron chi connectivity index (χ1n) is 4.01. The number of alkyl halides is 5. The van der Waals surface area contributed by atoms with Gasteiger partial charge >= 0.3 is 12.1 Å². The van der Waals surface area contributed by atoms with Crippen molar-refractivity contribution in [3.8, 4) is 0 Å². The molecule has 0 aromatic heterocycles. The maximum absolute atomic E-state index is 12.7. The molecular weight excluding hydrogens is 211 g/mol. The van der Waals surface area contributed by atoms with Crippen LogP contribution in [0.15, 0.2) is 0 Å². The summed E-state index contributed by atoms with van der Waals surface area (Å²) in [6.45, 7) is 0.00556. The third-order valence-corrected chi connectivity index (χ3v) is 2.14. The van der Waals surface area contributed by atoms with E-state index < -0.39 is 30.7 Å². The van der Waals surface area contributed by atoms with Crippen LogP contribution < -0.4 is 0 Å². The summed E-state index contributed by atoms with van der Waals surface area (Å²) >= 11 is 0. The summed E-state index contributed by atoms with van der Waals surface area (Å²) in [5.41, 5.74) is 0. The highest BCUT2D eigenvalue weighted by Gasteiger charge is 2.64. The number of hydrogen-bond acceptors (Lipinski definition) is 2. The van der Waals surface area contributed by atoms with E-state index in [1.807, 2.05) is 0 Å². The van der Waals surface area contributed by atoms with E-state index in [2.05, 4.69) is 4.74 Å². The monoisotopic (exact) mass is 220 g/mol. The van der Waals surface area contributed by atoms with Gasteiger partial charge in [-0.2, -0.15) is 22.0 Å². The zero-order valence-corrected chi connectivity index (χ0v) is 7.02. The molecule has 0 amide bonds. The number of ether oxygens (including phenoxy) is 1. The molecule has 0 aromatic carbocycles. The summed E-state index contributed by atoms with van der Waals surface area (Å²) in [5.74, 6) is -7.09. The maximum Gasteiger partial charge on any atom is 0.453 e. The fourth-order valence-electron chi connectivity index (χ4n) is 1.34. The number of aliphatic hydroxyl groups excluding tert-OH is 1. The topological polar surface area (TPSA) is 29.5 Å². The zero-order chi connectivity index (χ0) is 11.0. The first kappa shape index (κ1) is 11.6. The Morgan fingerprint density at radius 3 is 2.14 bits per heavy atom. The lowest BCUT2D eigenvalue weighted by Crippen LogP contribution is -2.50. The SMILES string of the molecule is OC1OCCCC1C(F)(F)C(F)(F)F. The van der Waals surface area contributed by atoms with Crippen LogP contribution in [0.4, 0.5) is 22.0 Å². The van der Waals surface area contributed by atoms with E-state index in [0.717, 1.165) is 0 Å². The molecule has 0 aromatic rings. The minimum atomic E-state index is -5.64. The molecule has 2 atom stereocenters. The van der Waals surface area contributed by atoms with Crippen molar-refractivity contribution < 1.29 is 31.8 Å². The summed E-state index contributed by atoms with van der Waals surface area (Å²) in [4.78, 5) is 0. The molecule has 1 saturated heterocycles. The first-order chi connectivity index (χ1) is 6.27. The van der Waals surface area contributed by atoms with Gasteiger partial charge in [-0.3, -0.25) is 0 Å². The van der Waals surface area contributed by atoms with Gasteiger partial charge in [0.15, 0.2) is 6.29 Å². The molecule has 0 saturated carbocycles. The second-order valence-corrected chi connectivity index (χ2v) is 3.13. The van der Waals surface area contributed by atoms with E-state index in [1.54, 1.807) is 0 Å². The average molecular weight is 220 g/mol. The summed E-state index contributed by atoms with van der Waals surface area (Å²) < 4.78 is 65.4. The molecule has 1 rings (SSSR count). The van der Waals surface area contributed by atoms with Gasteiger partial charge in [0, 0.05) is 6.61 Å². The van der Waals surface area contributed by atoms with E-state index in [9.17, 15) is 22.0 Å². The molecule has 84 valence electrons. The van der Waals surface area contributed by atoms with Gasteiger partial charge in [-0.1, -0.05) is 0 Å². The van der Waals surface area contributed by atoms with Crippen molar-refractivity contribution in [3.05, 3.63) is 0 Å². The van der Waals surface area contributed by atoms with Gasteiger partial charge in [0.25, 0.3) is 0 Å². The molecule has 1 N–H and O–H groups in total. The molecular formula is C7H9F5O2. The predicted molar refractivity (Wildman–Crippen MR) is 35.7 cm³/mol. The molecule has 1 fully saturated rings. The molecule has 1 heterocycles. The van der Waals surface area contributed by atoms with Gasteiger partial charge in [-0.25, -0.2) is 0 Å². The van der Waals surface area contributed by atoms with Crippen LogP contribution in [0, 0.1) is 5.92 Å². The van der Waals surface area contributed by atoms with Crippen molar-refractivity contribution >= 4 is 0 Å². The molecule has 0 bridgehead atoms. The van der Waals surface area contributed by atoms with E-state index >= 15 is 0 Å². The highest BCUT2D eigenvalue weighted by molar-refractivity contribution is 4.87. The average Bonchev–Trinajstić information content (AvgIpc) is 2.02. The van der Waals surface area contributed by atoms with E-state index in [4.69, 9.17) is 5.11 Å². The van der Waals surface area contributed by atoms with Gasteiger partial charge < -0.3 is 9.84 Å². The fourth-order valence-corrected chi connectivity index (χ4v) is 1.34. The molecule has 0 radical (unpaired) electrons. The minimum absolute atomic E-state index is 0.00556. The van der Waals surface area contributed by atoms with E-state index in [0.29, 0.717) is 0 Å². The number of halogens is 5. The fraction of sp³-hybridized carbons (Fsp3) is 1.00. The second-order valence-electron chi connectivity index (χ2n) is 3.13. The summed E-state index contributed by atoms with van der Waals surface area (Å²) in [6, 6.07) is 0. The lowest BCUT2D eigenvalue weighted by Gasteiger charge is -2.34. The smallest absolute Gasteiger partial charge is 0.367 e. The van der Waals surface area contributed by atoms with Gasteiger partial charge in [-0.05, 0) is 12.8 Å². The third-order valence-electron chi connectivity index (χ3n) is 2.14. The normalized spacial score (nSPS) is 30.4. The lowest BCUT2D eigenvalue weighted by molar-refractivity contribution is -0.336. The quantitative estimate of drug-likeness (QED) is 0.684. The third kappa shape index (κ3) is 1.98.